The molecular weight excluding hydrogens is 349 g/mol. The van der Waals surface area contributed by atoms with Crippen LogP contribution in [0.2, 0.25) is 0 Å². The van der Waals surface area contributed by atoms with Crippen molar-refractivity contribution in [1.29, 1.82) is 0 Å². The third-order valence-electron chi connectivity index (χ3n) is 3.24. The molecule has 1 saturated heterocycles. The number of aliphatic hydroxyl groups excluding tert-OH is 1. The van der Waals surface area contributed by atoms with Crippen molar-refractivity contribution in [2.24, 2.45) is 0 Å². The molecule has 5 unspecified atom stereocenters. The van der Waals surface area contributed by atoms with Crippen LogP contribution in [-0.2, 0) is 30.3 Å². The van der Waals surface area contributed by atoms with Crippen LogP contribution in [0.25, 0.3) is 0 Å². The fourth-order valence-electron chi connectivity index (χ4n) is 2.19. The lowest BCUT2D eigenvalue weighted by molar-refractivity contribution is -0.212. The molecule has 0 spiro atoms. The van der Waals surface area contributed by atoms with E-state index in [9.17, 15) is 14.8 Å². The van der Waals surface area contributed by atoms with Crippen molar-refractivity contribution >= 4 is 24.3 Å². The number of nitrogen functional groups attached to an aromatic ring is 1. The van der Waals surface area contributed by atoms with E-state index in [1.807, 2.05) is 0 Å². The molecule has 2 heterocycles. The third kappa shape index (κ3) is 4.14. The zero-order chi connectivity index (χ0) is 17.2. The SMILES string of the molecule is COCC1OC(n2ccc(N)nc2=O)C(O)C1OP([O-])(=S)OC. The number of nitrogens with zero attached hydrogens (tertiary/aromatic N) is 2. The molecule has 0 aromatic carbocycles. The van der Waals surface area contributed by atoms with Crippen LogP contribution in [0.3, 0.4) is 0 Å². The highest BCUT2D eigenvalue weighted by atomic mass is 32.5. The van der Waals surface area contributed by atoms with Crippen LogP contribution in [0.5, 0.6) is 0 Å². The van der Waals surface area contributed by atoms with Gasteiger partial charge in [0.15, 0.2) is 6.23 Å². The normalized spacial score (nSPS) is 30.3. The highest BCUT2D eigenvalue weighted by Crippen LogP contribution is 2.44. The van der Waals surface area contributed by atoms with E-state index in [-0.39, 0.29) is 12.4 Å². The van der Waals surface area contributed by atoms with Gasteiger partial charge < -0.3 is 34.3 Å². The van der Waals surface area contributed by atoms with Crippen LogP contribution in [-0.4, -0.2) is 53.8 Å². The minimum absolute atomic E-state index is 0.0222. The van der Waals surface area contributed by atoms with Gasteiger partial charge in [-0.2, -0.15) is 4.98 Å². The van der Waals surface area contributed by atoms with Crippen molar-refractivity contribution in [3.63, 3.8) is 0 Å². The molecule has 10 nitrogen and oxygen atoms in total. The zero-order valence-electron chi connectivity index (χ0n) is 12.4. The molecule has 0 saturated carbocycles. The van der Waals surface area contributed by atoms with Gasteiger partial charge in [0.25, 0.3) is 0 Å². The summed E-state index contributed by atoms with van der Waals surface area (Å²) in [5.41, 5.74) is 4.72. The van der Waals surface area contributed by atoms with Crippen LogP contribution >= 0.6 is 6.72 Å². The van der Waals surface area contributed by atoms with Crippen molar-refractivity contribution in [1.82, 2.24) is 9.55 Å². The van der Waals surface area contributed by atoms with Crippen LogP contribution in [0, 0.1) is 0 Å². The number of rotatable bonds is 6. The Balaban J connectivity index is 2.30. The molecule has 0 amide bonds. The van der Waals surface area contributed by atoms with Gasteiger partial charge in [-0.25, -0.2) is 4.79 Å². The molecule has 12 heteroatoms. The molecule has 3 N–H and O–H groups in total. The number of methoxy groups -OCH3 is 1. The molecule has 1 aromatic rings. The topological polar surface area (TPSA) is 141 Å². The molecule has 0 aliphatic carbocycles. The van der Waals surface area contributed by atoms with Crippen LogP contribution < -0.4 is 16.3 Å². The van der Waals surface area contributed by atoms with Gasteiger partial charge in [0.1, 0.15) is 30.8 Å². The Morgan fingerprint density at radius 3 is 2.87 bits per heavy atom. The van der Waals surface area contributed by atoms with E-state index < -0.39 is 36.9 Å². The van der Waals surface area contributed by atoms with Gasteiger partial charge in [0.2, 0.25) is 0 Å². The number of hydrogen-bond acceptors (Lipinski definition) is 10. The Kier molecular flexibility index (Phi) is 5.87. The molecule has 1 aromatic heterocycles. The summed E-state index contributed by atoms with van der Waals surface area (Å²) in [6, 6.07) is 1.38. The predicted molar refractivity (Wildman–Crippen MR) is 80.9 cm³/mol. The first-order chi connectivity index (χ1) is 10.8. The largest absolute Gasteiger partial charge is 0.780 e. The summed E-state index contributed by atoms with van der Waals surface area (Å²) in [6.07, 6.45) is -3.05. The smallest absolute Gasteiger partial charge is 0.351 e. The molecular formula is C11H17N3O7PS-. The number of aliphatic hydroxyl groups is 1. The Morgan fingerprint density at radius 2 is 2.30 bits per heavy atom. The van der Waals surface area contributed by atoms with E-state index in [2.05, 4.69) is 21.3 Å². The Hall–Kier alpha value is -0.910. The lowest BCUT2D eigenvalue weighted by Gasteiger charge is -2.31. The number of hydrogen-bond donors (Lipinski definition) is 2. The van der Waals surface area contributed by atoms with Crippen molar-refractivity contribution in [3.8, 4) is 0 Å². The first-order valence-electron chi connectivity index (χ1n) is 6.51. The molecule has 0 radical (unpaired) electrons. The van der Waals surface area contributed by atoms with Crippen LogP contribution in [0.1, 0.15) is 6.23 Å². The average molecular weight is 366 g/mol. The molecule has 1 aliphatic heterocycles. The zero-order valence-corrected chi connectivity index (χ0v) is 14.1. The monoisotopic (exact) mass is 366 g/mol. The van der Waals surface area contributed by atoms with E-state index >= 15 is 0 Å². The van der Waals surface area contributed by atoms with Gasteiger partial charge in [0.05, 0.1) is 6.61 Å². The molecule has 2 rings (SSSR count). The first-order valence-corrected chi connectivity index (χ1v) is 9.07. The van der Waals surface area contributed by atoms with Gasteiger partial charge in [-0.05, 0) is 6.07 Å². The van der Waals surface area contributed by atoms with Crippen molar-refractivity contribution in [2.75, 3.05) is 26.6 Å². The summed E-state index contributed by atoms with van der Waals surface area (Å²) in [4.78, 5) is 27.3. The second kappa shape index (κ2) is 7.32. The quantitative estimate of drug-likeness (QED) is 0.562. The number of anilines is 1. The van der Waals surface area contributed by atoms with Crippen LogP contribution in [0.15, 0.2) is 17.1 Å². The highest BCUT2D eigenvalue weighted by Gasteiger charge is 2.46. The maximum absolute atomic E-state index is 11.9. The summed E-state index contributed by atoms with van der Waals surface area (Å²) in [6.45, 7) is -3.77. The molecule has 0 bridgehead atoms. The summed E-state index contributed by atoms with van der Waals surface area (Å²) in [5.74, 6) is 0.0365. The van der Waals surface area contributed by atoms with Gasteiger partial charge in [-0.1, -0.05) is 11.8 Å². The Bertz CT molecular complexity index is 657. The fourth-order valence-corrected chi connectivity index (χ4v) is 3.13. The summed E-state index contributed by atoms with van der Waals surface area (Å²) < 4.78 is 21.4. The minimum atomic E-state index is -3.79. The van der Waals surface area contributed by atoms with E-state index in [1.165, 1.54) is 19.4 Å². The van der Waals surface area contributed by atoms with Gasteiger partial charge in [0, 0.05) is 20.4 Å². The van der Waals surface area contributed by atoms with E-state index in [1.54, 1.807) is 0 Å². The van der Waals surface area contributed by atoms with Crippen molar-refractivity contribution in [3.05, 3.63) is 22.7 Å². The lowest BCUT2D eigenvalue weighted by atomic mass is 10.1. The molecule has 23 heavy (non-hydrogen) atoms. The van der Waals surface area contributed by atoms with Crippen LogP contribution in [0.4, 0.5) is 5.82 Å². The molecule has 5 atom stereocenters. The summed E-state index contributed by atoms with van der Waals surface area (Å²) in [5, 5.41) is 10.4. The van der Waals surface area contributed by atoms with Gasteiger partial charge >= 0.3 is 5.69 Å². The van der Waals surface area contributed by atoms with Gasteiger partial charge in [-0.15, -0.1) is 0 Å². The van der Waals surface area contributed by atoms with Gasteiger partial charge in [-0.3, -0.25) is 4.57 Å². The highest BCUT2D eigenvalue weighted by molar-refractivity contribution is 8.06. The second-order valence-electron chi connectivity index (χ2n) is 4.75. The molecule has 130 valence electrons. The summed E-state index contributed by atoms with van der Waals surface area (Å²) in [7, 11) is 2.55. The van der Waals surface area contributed by atoms with Crippen molar-refractivity contribution in [2.45, 2.75) is 24.5 Å². The predicted octanol–water partition coefficient (Wildman–Crippen LogP) is -1.65. The first kappa shape index (κ1) is 18.4. The van der Waals surface area contributed by atoms with E-state index in [4.69, 9.17) is 19.7 Å². The van der Waals surface area contributed by atoms with E-state index in [0.717, 1.165) is 11.7 Å². The van der Waals surface area contributed by atoms with E-state index in [0.29, 0.717) is 0 Å². The maximum Gasteiger partial charge on any atom is 0.351 e. The summed E-state index contributed by atoms with van der Waals surface area (Å²) >= 11 is 4.68. The Labute approximate surface area is 137 Å². The number of aromatic nitrogens is 2. The average Bonchev–Trinajstić information content (AvgIpc) is 2.77. The Morgan fingerprint density at radius 1 is 1.61 bits per heavy atom. The maximum atomic E-state index is 11.9. The lowest BCUT2D eigenvalue weighted by Crippen LogP contribution is -2.38. The third-order valence-corrected chi connectivity index (χ3v) is 4.89. The minimum Gasteiger partial charge on any atom is -0.780 e. The second-order valence-corrected chi connectivity index (χ2v) is 7.57. The van der Waals surface area contributed by atoms with Crippen molar-refractivity contribution < 1.29 is 28.5 Å². The number of ether oxygens (including phenoxy) is 2. The molecule has 1 aliphatic rings. The number of nitrogens with two attached hydrogens (primary N) is 1. The standard InChI is InChI=1S/C11H18N3O7PS/c1-18-5-6-9(21-22(17,23)19-2)8(15)10(20-6)14-4-3-7(12)13-11(14)16/h3-4,6,8-10,15H,5H2,1-2H3,(H,17,23)(H2,12,13,16)/p-1. The fraction of sp³-hybridized carbons (Fsp3) is 0.636. The molecule has 1 fully saturated rings.